The minimum atomic E-state index is -0.304. The molecule has 2 aromatic rings. The number of aliphatic hydroxyl groups excluding tert-OH is 1. The number of β-amino-alcohol motifs (C(OH)–C–C–N with tert-alkyl or cyclic N) is 1. The number of amides is 1. The third kappa shape index (κ3) is 4.66. The highest BCUT2D eigenvalue weighted by molar-refractivity contribution is 5.78. The Kier molecular flexibility index (Phi) is 5.61. The second-order valence-electron chi connectivity index (χ2n) is 6.28. The molecular formula is C18H24N4O2. The fourth-order valence-electron chi connectivity index (χ4n) is 3.08. The van der Waals surface area contributed by atoms with E-state index in [-0.39, 0.29) is 12.0 Å². The highest BCUT2D eigenvalue weighted by Gasteiger charge is 2.19. The third-order valence-electron chi connectivity index (χ3n) is 4.33. The van der Waals surface area contributed by atoms with Gasteiger partial charge in [-0.25, -0.2) is 0 Å². The Labute approximate surface area is 142 Å². The van der Waals surface area contributed by atoms with E-state index in [9.17, 15) is 9.90 Å². The maximum atomic E-state index is 12.2. The summed E-state index contributed by atoms with van der Waals surface area (Å²) in [6.45, 7) is 3.01. The predicted octanol–water partition coefficient (Wildman–Crippen LogP) is 1.00. The van der Waals surface area contributed by atoms with E-state index in [1.807, 2.05) is 40.0 Å². The van der Waals surface area contributed by atoms with E-state index in [0.29, 0.717) is 26.2 Å². The van der Waals surface area contributed by atoms with E-state index in [2.05, 4.69) is 16.5 Å². The van der Waals surface area contributed by atoms with Crippen molar-refractivity contribution < 1.29 is 9.90 Å². The van der Waals surface area contributed by atoms with Crippen LogP contribution >= 0.6 is 0 Å². The molecule has 1 fully saturated rings. The van der Waals surface area contributed by atoms with Crippen molar-refractivity contribution in [2.24, 2.45) is 0 Å². The molecule has 24 heavy (non-hydrogen) atoms. The highest BCUT2D eigenvalue weighted by atomic mass is 16.3. The van der Waals surface area contributed by atoms with Gasteiger partial charge in [-0.15, -0.1) is 0 Å². The second-order valence-corrected chi connectivity index (χ2v) is 6.28. The first kappa shape index (κ1) is 16.7. The van der Waals surface area contributed by atoms with Gasteiger partial charge in [0, 0.05) is 25.5 Å². The summed E-state index contributed by atoms with van der Waals surface area (Å²) in [6, 6.07) is 9.97. The molecule has 0 saturated carbocycles. The van der Waals surface area contributed by atoms with Crippen molar-refractivity contribution in [1.82, 2.24) is 20.0 Å². The van der Waals surface area contributed by atoms with Gasteiger partial charge < -0.3 is 10.4 Å². The van der Waals surface area contributed by atoms with E-state index in [1.54, 1.807) is 6.20 Å². The fraction of sp³-hybridized carbons (Fsp3) is 0.444. The zero-order valence-electron chi connectivity index (χ0n) is 13.8. The molecule has 0 aliphatic carbocycles. The monoisotopic (exact) mass is 328 g/mol. The number of benzene rings is 1. The lowest BCUT2D eigenvalue weighted by Gasteiger charge is -2.29. The van der Waals surface area contributed by atoms with Crippen LogP contribution in [0.3, 0.4) is 0 Å². The predicted molar refractivity (Wildman–Crippen MR) is 91.3 cm³/mol. The van der Waals surface area contributed by atoms with E-state index in [4.69, 9.17) is 0 Å². The first-order chi connectivity index (χ1) is 11.7. The summed E-state index contributed by atoms with van der Waals surface area (Å²) in [5.74, 6) is -0.00186. The van der Waals surface area contributed by atoms with E-state index in [1.165, 1.54) is 0 Å². The van der Waals surface area contributed by atoms with Gasteiger partial charge in [-0.05, 0) is 36.6 Å². The molecule has 0 bridgehead atoms. The molecule has 1 aliphatic heterocycles. The van der Waals surface area contributed by atoms with Crippen molar-refractivity contribution in [2.45, 2.75) is 32.0 Å². The van der Waals surface area contributed by atoms with Gasteiger partial charge in [0.15, 0.2) is 0 Å². The lowest BCUT2D eigenvalue weighted by molar-refractivity contribution is -0.123. The number of aromatic nitrogens is 2. The van der Waals surface area contributed by atoms with Crippen molar-refractivity contribution >= 4 is 5.91 Å². The summed E-state index contributed by atoms with van der Waals surface area (Å²) in [4.78, 5) is 14.2. The average molecular weight is 328 g/mol. The Morgan fingerprint density at radius 2 is 2.12 bits per heavy atom. The number of carbonyl (C=O) groups is 1. The van der Waals surface area contributed by atoms with Gasteiger partial charge in [0.2, 0.25) is 5.91 Å². The van der Waals surface area contributed by atoms with Gasteiger partial charge in [-0.2, -0.15) is 5.10 Å². The van der Waals surface area contributed by atoms with Crippen LogP contribution in [0, 0.1) is 0 Å². The molecule has 3 rings (SSSR count). The van der Waals surface area contributed by atoms with Gasteiger partial charge in [0.1, 0.15) is 0 Å². The molecule has 6 nitrogen and oxygen atoms in total. The number of hydrogen-bond acceptors (Lipinski definition) is 4. The summed E-state index contributed by atoms with van der Waals surface area (Å²) < 4.78 is 1.87. The van der Waals surface area contributed by atoms with Crippen LogP contribution in [0.5, 0.6) is 0 Å². The summed E-state index contributed by atoms with van der Waals surface area (Å²) in [6.07, 6.45) is 5.16. The lowest BCUT2D eigenvalue weighted by Crippen LogP contribution is -2.44. The minimum Gasteiger partial charge on any atom is -0.392 e. The van der Waals surface area contributed by atoms with Crippen molar-refractivity contribution in [2.75, 3.05) is 19.6 Å². The normalized spacial score (nSPS) is 18.5. The fourth-order valence-corrected chi connectivity index (χ4v) is 3.08. The largest absolute Gasteiger partial charge is 0.392 e. The van der Waals surface area contributed by atoms with E-state index < -0.39 is 0 Å². The van der Waals surface area contributed by atoms with Crippen LogP contribution in [-0.4, -0.2) is 51.4 Å². The Morgan fingerprint density at radius 3 is 2.88 bits per heavy atom. The van der Waals surface area contributed by atoms with Crippen molar-refractivity contribution in [3.63, 3.8) is 0 Å². The minimum absolute atomic E-state index is 0.00186. The second kappa shape index (κ2) is 8.08. The smallest absolute Gasteiger partial charge is 0.234 e. The van der Waals surface area contributed by atoms with E-state index >= 15 is 0 Å². The van der Waals surface area contributed by atoms with Crippen LogP contribution < -0.4 is 5.32 Å². The highest BCUT2D eigenvalue weighted by Crippen LogP contribution is 2.11. The molecule has 0 unspecified atom stereocenters. The molecule has 1 amide bonds. The zero-order chi connectivity index (χ0) is 16.8. The van der Waals surface area contributed by atoms with Gasteiger partial charge in [0.05, 0.1) is 19.2 Å². The molecule has 2 N–H and O–H groups in total. The van der Waals surface area contributed by atoms with E-state index in [0.717, 1.165) is 30.5 Å². The molecule has 6 heteroatoms. The summed E-state index contributed by atoms with van der Waals surface area (Å²) >= 11 is 0. The number of rotatable bonds is 6. The quantitative estimate of drug-likeness (QED) is 0.830. The topological polar surface area (TPSA) is 70.4 Å². The van der Waals surface area contributed by atoms with Crippen LogP contribution in [0.15, 0.2) is 42.7 Å². The van der Waals surface area contributed by atoms with Gasteiger partial charge in [0.25, 0.3) is 0 Å². The number of aliphatic hydroxyl groups is 1. The van der Waals surface area contributed by atoms with Crippen molar-refractivity contribution in [1.29, 1.82) is 0 Å². The van der Waals surface area contributed by atoms with Crippen molar-refractivity contribution in [3.8, 4) is 0 Å². The molecule has 1 saturated heterocycles. The molecule has 0 spiro atoms. The van der Waals surface area contributed by atoms with Crippen LogP contribution in [0.1, 0.15) is 24.0 Å². The molecular weight excluding hydrogens is 304 g/mol. The maximum absolute atomic E-state index is 12.2. The summed E-state index contributed by atoms with van der Waals surface area (Å²) in [7, 11) is 0. The number of carbonyl (C=O) groups excluding carboxylic acids is 1. The van der Waals surface area contributed by atoms with Gasteiger partial charge in [-0.1, -0.05) is 24.3 Å². The molecule has 1 atom stereocenters. The third-order valence-corrected chi connectivity index (χ3v) is 4.33. The average Bonchev–Trinajstić information content (AvgIpc) is 3.07. The van der Waals surface area contributed by atoms with Gasteiger partial charge in [-0.3, -0.25) is 14.4 Å². The first-order valence-electron chi connectivity index (χ1n) is 8.42. The summed E-state index contributed by atoms with van der Waals surface area (Å²) in [5.41, 5.74) is 2.25. The molecule has 128 valence electrons. The maximum Gasteiger partial charge on any atom is 0.234 e. The zero-order valence-corrected chi connectivity index (χ0v) is 13.8. The van der Waals surface area contributed by atoms with Crippen LogP contribution in [0.2, 0.25) is 0 Å². The Morgan fingerprint density at radius 1 is 1.29 bits per heavy atom. The number of piperidine rings is 1. The molecule has 1 aliphatic rings. The molecule has 0 radical (unpaired) electrons. The summed E-state index contributed by atoms with van der Waals surface area (Å²) in [5, 5.41) is 16.9. The molecule has 1 aromatic heterocycles. The van der Waals surface area contributed by atoms with Gasteiger partial charge >= 0.3 is 0 Å². The number of hydrogen-bond donors (Lipinski definition) is 2. The molecule has 2 heterocycles. The van der Waals surface area contributed by atoms with Crippen LogP contribution in [-0.2, 0) is 17.9 Å². The number of nitrogens with one attached hydrogen (secondary N) is 1. The number of likely N-dealkylation sites (tertiary alicyclic amines) is 1. The van der Waals surface area contributed by atoms with Crippen LogP contribution in [0.4, 0.5) is 0 Å². The Hall–Kier alpha value is -2.18. The SMILES string of the molecule is O=C(CN1CCC[C@@H](O)C1)NCc1ccccc1Cn1cccn1. The number of nitrogens with zero attached hydrogens (tertiary/aromatic N) is 3. The Bertz CT molecular complexity index is 657. The molecule has 1 aromatic carbocycles. The van der Waals surface area contributed by atoms with Crippen molar-refractivity contribution in [3.05, 3.63) is 53.9 Å². The lowest BCUT2D eigenvalue weighted by atomic mass is 10.1. The first-order valence-corrected chi connectivity index (χ1v) is 8.42. The van der Waals surface area contributed by atoms with Crippen LogP contribution in [0.25, 0.3) is 0 Å². The Balaban J connectivity index is 1.53. The standard InChI is InChI=1S/C18H24N4O2/c23-17-7-3-9-21(13-17)14-18(24)19-11-15-5-1-2-6-16(15)12-22-10-4-8-20-22/h1-2,4-6,8,10,17,23H,3,7,9,11-14H2,(H,19,24)/t17-/m1/s1.